The van der Waals surface area contributed by atoms with Gasteiger partial charge in [-0.2, -0.15) is 0 Å². The molecule has 1 saturated heterocycles. The van der Waals surface area contributed by atoms with Crippen LogP contribution in [0.1, 0.15) is 43.5 Å². The van der Waals surface area contributed by atoms with Gasteiger partial charge >= 0.3 is 0 Å². The van der Waals surface area contributed by atoms with Crippen LogP contribution in [0.4, 0.5) is 10.1 Å². The third kappa shape index (κ3) is 4.66. The van der Waals surface area contributed by atoms with Crippen LogP contribution in [0.3, 0.4) is 0 Å². The normalized spacial score (nSPS) is 19.5. The van der Waals surface area contributed by atoms with Crippen LogP contribution in [-0.4, -0.2) is 40.1 Å². The summed E-state index contributed by atoms with van der Waals surface area (Å²) in [4.78, 5) is 12.9. The van der Waals surface area contributed by atoms with Crippen LogP contribution in [-0.2, 0) is 14.8 Å². The Morgan fingerprint density at radius 1 is 1.12 bits per heavy atom. The Kier molecular flexibility index (Phi) is 6.53. The Bertz CT molecular complexity index is 1100. The van der Waals surface area contributed by atoms with Crippen molar-refractivity contribution in [1.29, 1.82) is 0 Å². The quantitative estimate of drug-likeness (QED) is 0.636. The van der Waals surface area contributed by atoms with Crippen molar-refractivity contribution in [2.24, 2.45) is 11.8 Å². The van der Waals surface area contributed by atoms with Gasteiger partial charge in [0, 0.05) is 32.1 Å². The fourth-order valence-corrected chi connectivity index (χ4v) is 5.92. The molecule has 0 N–H and O–H groups in total. The third-order valence-corrected chi connectivity index (χ3v) is 7.71. The van der Waals surface area contributed by atoms with Crippen LogP contribution in [0.2, 0.25) is 0 Å². The van der Waals surface area contributed by atoms with Crippen molar-refractivity contribution in [1.82, 2.24) is 0 Å². The minimum Gasteiger partial charge on any atom is -0.489 e. The summed E-state index contributed by atoms with van der Waals surface area (Å²) < 4.78 is 53.6. The molecule has 2 aromatic carbocycles. The number of fused-ring (bicyclic) bond motifs is 1. The molecule has 32 heavy (non-hydrogen) atoms. The molecule has 1 fully saturated rings. The molecule has 2 aliphatic heterocycles. The number of Topliss-reactive ketones (excluding diaryl/α,β-unsaturated/α-hetero) is 1. The van der Waals surface area contributed by atoms with E-state index in [1.807, 2.05) is 13.8 Å². The molecule has 4 rings (SSSR count). The number of halogens is 1. The monoisotopic (exact) mass is 461 g/mol. The summed E-state index contributed by atoms with van der Waals surface area (Å²) in [5.74, 6) is 0.0353. The predicted molar refractivity (Wildman–Crippen MR) is 119 cm³/mol. The fraction of sp³-hybridized carbons (Fsp3) is 0.458. The Labute approximate surface area is 188 Å². The standard InChI is InChI=1S/C24H28FNO5S/c1-16(2)15-26(19-5-3-4-18(25)12-19)32(28,29)20-6-7-23-21(13-20)22(27)14-24(31-23)17-8-10-30-11-9-17/h3-7,12-13,16-17,24H,8-11,14-15H2,1-2H3. The van der Waals surface area contributed by atoms with Gasteiger partial charge in [-0.3, -0.25) is 9.10 Å². The van der Waals surface area contributed by atoms with E-state index in [4.69, 9.17) is 9.47 Å². The molecule has 6 nitrogen and oxygen atoms in total. The molecule has 0 saturated carbocycles. The van der Waals surface area contributed by atoms with E-state index in [9.17, 15) is 17.6 Å². The second-order valence-corrected chi connectivity index (χ2v) is 10.7. The van der Waals surface area contributed by atoms with Crippen molar-refractivity contribution in [2.75, 3.05) is 24.1 Å². The largest absolute Gasteiger partial charge is 0.489 e. The molecule has 1 unspecified atom stereocenters. The van der Waals surface area contributed by atoms with Crippen molar-refractivity contribution < 1.29 is 27.1 Å². The number of hydrogen-bond acceptors (Lipinski definition) is 5. The van der Waals surface area contributed by atoms with Gasteiger partial charge < -0.3 is 9.47 Å². The van der Waals surface area contributed by atoms with E-state index >= 15 is 0 Å². The van der Waals surface area contributed by atoms with Crippen molar-refractivity contribution in [2.45, 2.75) is 44.1 Å². The molecule has 2 aliphatic rings. The maximum Gasteiger partial charge on any atom is 0.264 e. The summed E-state index contributed by atoms with van der Waals surface area (Å²) >= 11 is 0. The molecular formula is C24H28FNO5S. The summed E-state index contributed by atoms with van der Waals surface area (Å²) in [6.45, 7) is 5.28. The van der Waals surface area contributed by atoms with E-state index < -0.39 is 15.8 Å². The van der Waals surface area contributed by atoms with Gasteiger partial charge in [0.1, 0.15) is 17.7 Å². The summed E-state index contributed by atoms with van der Waals surface area (Å²) in [5, 5.41) is 0. The Morgan fingerprint density at radius 3 is 2.56 bits per heavy atom. The average molecular weight is 462 g/mol. The van der Waals surface area contributed by atoms with Crippen molar-refractivity contribution >= 4 is 21.5 Å². The number of carbonyl (C=O) groups is 1. The molecular weight excluding hydrogens is 433 g/mol. The molecule has 2 aromatic rings. The number of anilines is 1. The van der Waals surface area contributed by atoms with E-state index in [0.29, 0.717) is 19.0 Å². The lowest BCUT2D eigenvalue weighted by Gasteiger charge is -2.34. The molecule has 0 spiro atoms. The number of nitrogens with zero attached hydrogens (tertiary/aromatic N) is 1. The maximum atomic E-state index is 13.8. The SMILES string of the molecule is CC(C)CN(c1cccc(F)c1)S(=O)(=O)c1ccc2c(c1)C(=O)CC(C1CCOCC1)O2. The highest BCUT2D eigenvalue weighted by Crippen LogP contribution is 2.36. The van der Waals surface area contributed by atoms with Crippen LogP contribution < -0.4 is 9.04 Å². The molecule has 0 amide bonds. The summed E-state index contributed by atoms with van der Waals surface area (Å²) in [6.07, 6.45) is 1.70. The number of ketones is 1. The highest BCUT2D eigenvalue weighted by molar-refractivity contribution is 7.92. The Hall–Kier alpha value is -2.45. The second-order valence-electron chi connectivity index (χ2n) is 8.80. The lowest BCUT2D eigenvalue weighted by Crippen LogP contribution is -2.37. The first kappa shape index (κ1) is 22.7. The highest BCUT2D eigenvalue weighted by Gasteiger charge is 2.35. The number of benzene rings is 2. The average Bonchev–Trinajstić information content (AvgIpc) is 2.77. The zero-order valence-electron chi connectivity index (χ0n) is 18.3. The molecule has 172 valence electrons. The summed E-state index contributed by atoms with van der Waals surface area (Å²) in [6, 6.07) is 9.92. The Morgan fingerprint density at radius 2 is 1.88 bits per heavy atom. The Balaban J connectivity index is 1.66. The first-order valence-corrected chi connectivity index (χ1v) is 12.4. The highest BCUT2D eigenvalue weighted by atomic mass is 32.2. The van der Waals surface area contributed by atoms with Crippen LogP contribution >= 0.6 is 0 Å². The van der Waals surface area contributed by atoms with E-state index in [1.165, 1.54) is 34.6 Å². The van der Waals surface area contributed by atoms with Crippen LogP contribution in [0.25, 0.3) is 0 Å². The zero-order valence-corrected chi connectivity index (χ0v) is 19.1. The number of sulfonamides is 1. The molecule has 2 heterocycles. The van der Waals surface area contributed by atoms with Gasteiger partial charge in [-0.1, -0.05) is 19.9 Å². The van der Waals surface area contributed by atoms with Crippen molar-refractivity contribution in [3.8, 4) is 5.75 Å². The number of rotatable bonds is 6. The van der Waals surface area contributed by atoms with E-state index in [-0.39, 0.29) is 52.8 Å². The molecule has 0 bridgehead atoms. The lowest BCUT2D eigenvalue weighted by molar-refractivity contribution is 0.0119. The van der Waals surface area contributed by atoms with Gasteiger partial charge in [0.2, 0.25) is 0 Å². The topological polar surface area (TPSA) is 72.9 Å². The lowest BCUT2D eigenvalue weighted by atomic mass is 9.87. The minimum absolute atomic E-state index is 0.0101. The van der Waals surface area contributed by atoms with Crippen molar-refractivity contribution in [3.05, 3.63) is 53.8 Å². The first-order chi connectivity index (χ1) is 15.3. The predicted octanol–water partition coefficient (Wildman–Crippen LogP) is 4.44. The van der Waals surface area contributed by atoms with Gasteiger partial charge in [0.25, 0.3) is 10.0 Å². The van der Waals surface area contributed by atoms with Gasteiger partial charge in [0.15, 0.2) is 5.78 Å². The van der Waals surface area contributed by atoms with Gasteiger partial charge in [-0.05, 0) is 55.2 Å². The van der Waals surface area contributed by atoms with Crippen LogP contribution in [0.5, 0.6) is 5.75 Å². The van der Waals surface area contributed by atoms with Crippen molar-refractivity contribution in [3.63, 3.8) is 0 Å². The molecule has 1 atom stereocenters. The number of hydrogen-bond donors (Lipinski definition) is 0. The molecule has 8 heteroatoms. The maximum absolute atomic E-state index is 13.8. The number of carbonyl (C=O) groups excluding carboxylic acids is 1. The summed E-state index contributed by atoms with van der Waals surface area (Å²) in [5.41, 5.74) is 0.525. The molecule has 0 aromatic heterocycles. The van der Waals surface area contributed by atoms with Crippen LogP contribution in [0.15, 0.2) is 47.4 Å². The summed E-state index contributed by atoms with van der Waals surface area (Å²) in [7, 11) is -4.01. The van der Waals surface area contributed by atoms with E-state index in [1.54, 1.807) is 12.1 Å². The molecule has 0 aliphatic carbocycles. The third-order valence-electron chi connectivity index (χ3n) is 5.92. The first-order valence-electron chi connectivity index (χ1n) is 11.0. The smallest absolute Gasteiger partial charge is 0.264 e. The zero-order chi connectivity index (χ0) is 22.9. The molecule has 0 radical (unpaired) electrons. The van der Waals surface area contributed by atoms with E-state index in [2.05, 4.69) is 0 Å². The minimum atomic E-state index is -4.01. The number of ether oxygens (including phenoxy) is 2. The van der Waals surface area contributed by atoms with Crippen LogP contribution in [0, 0.1) is 17.7 Å². The van der Waals surface area contributed by atoms with Gasteiger partial charge in [-0.25, -0.2) is 12.8 Å². The fourth-order valence-electron chi connectivity index (χ4n) is 4.27. The van der Waals surface area contributed by atoms with Gasteiger partial charge in [0.05, 0.1) is 16.1 Å². The van der Waals surface area contributed by atoms with E-state index in [0.717, 1.165) is 12.8 Å². The van der Waals surface area contributed by atoms with Gasteiger partial charge in [-0.15, -0.1) is 0 Å². The second kappa shape index (κ2) is 9.19.